The van der Waals surface area contributed by atoms with E-state index in [0.717, 1.165) is 38.8 Å². The van der Waals surface area contributed by atoms with Crippen molar-refractivity contribution in [1.82, 2.24) is 0 Å². The third-order valence-electron chi connectivity index (χ3n) is 4.23. The summed E-state index contributed by atoms with van der Waals surface area (Å²) in [4.78, 5) is 0. The van der Waals surface area contributed by atoms with Gasteiger partial charge >= 0.3 is 0 Å². The molecular formula is C23H22O3. The Balaban J connectivity index is 2.18. The first-order valence-electron chi connectivity index (χ1n) is 8.36. The second-order valence-corrected chi connectivity index (χ2v) is 5.82. The Bertz CT molecular complexity index is 923. The van der Waals surface area contributed by atoms with E-state index in [1.165, 1.54) is 0 Å². The van der Waals surface area contributed by atoms with Gasteiger partial charge in [-0.25, -0.2) is 0 Å². The smallest absolute Gasteiger partial charge is 0.119 e. The van der Waals surface area contributed by atoms with Crippen LogP contribution in [0.1, 0.15) is 11.1 Å². The number of benzene rings is 3. The molecule has 3 aromatic rings. The summed E-state index contributed by atoms with van der Waals surface area (Å²) in [6.45, 7) is 0. The van der Waals surface area contributed by atoms with Gasteiger partial charge in [0.15, 0.2) is 0 Å². The van der Waals surface area contributed by atoms with Gasteiger partial charge in [0, 0.05) is 0 Å². The predicted molar refractivity (Wildman–Crippen MR) is 108 cm³/mol. The molecule has 0 fully saturated rings. The zero-order chi connectivity index (χ0) is 18.4. The first-order valence-corrected chi connectivity index (χ1v) is 8.36. The Morgan fingerprint density at radius 3 is 1.92 bits per heavy atom. The molecule has 3 aromatic carbocycles. The minimum Gasteiger partial charge on any atom is -0.504 e. The first kappa shape index (κ1) is 17.6. The fraction of sp³-hybridized carbons (Fsp3) is 0.130. The van der Waals surface area contributed by atoms with E-state index in [-0.39, 0.29) is 0 Å². The molecule has 0 aliphatic heterocycles. The van der Waals surface area contributed by atoms with Crippen LogP contribution in [0.15, 0.2) is 67.1 Å². The first-order chi connectivity index (χ1) is 12.8. The van der Waals surface area contributed by atoms with Gasteiger partial charge < -0.3 is 14.2 Å². The Morgan fingerprint density at radius 2 is 1.31 bits per heavy atom. The number of hydrogen-bond donors (Lipinski definition) is 0. The van der Waals surface area contributed by atoms with Crippen LogP contribution in [0.25, 0.3) is 34.1 Å². The lowest BCUT2D eigenvalue weighted by Crippen LogP contribution is -1.90. The molecule has 0 aliphatic carbocycles. The summed E-state index contributed by atoms with van der Waals surface area (Å²) < 4.78 is 15.6. The van der Waals surface area contributed by atoms with E-state index >= 15 is 0 Å². The third kappa shape index (κ3) is 3.72. The highest BCUT2D eigenvalue weighted by Crippen LogP contribution is 2.33. The van der Waals surface area contributed by atoms with Gasteiger partial charge in [0.2, 0.25) is 0 Å². The van der Waals surface area contributed by atoms with E-state index in [9.17, 15) is 0 Å². The topological polar surface area (TPSA) is 27.7 Å². The third-order valence-corrected chi connectivity index (χ3v) is 4.23. The van der Waals surface area contributed by atoms with E-state index in [1.54, 1.807) is 33.9 Å². The van der Waals surface area contributed by atoms with Crippen molar-refractivity contribution >= 4 is 22.9 Å². The fourth-order valence-corrected chi connectivity index (χ4v) is 2.99. The molecule has 0 aromatic heterocycles. The van der Waals surface area contributed by atoms with Crippen molar-refractivity contribution < 1.29 is 14.2 Å². The van der Waals surface area contributed by atoms with Gasteiger partial charge in [-0.3, -0.25) is 0 Å². The Labute approximate surface area is 154 Å². The van der Waals surface area contributed by atoms with Gasteiger partial charge in [-0.15, -0.1) is 0 Å². The maximum Gasteiger partial charge on any atom is 0.119 e. The molecule has 0 radical (unpaired) electrons. The molecule has 3 rings (SSSR count). The van der Waals surface area contributed by atoms with Gasteiger partial charge in [-0.2, -0.15) is 0 Å². The molecule has 3 nitrogen and oxygen atoms in total. The highest BCUT2D eigenvalue weighted by Gasteiger charge is 2.09. The van der Waals surface area contributed by atoms with Crippen LogP contribution in [-0.2, 0) is 9.47 Å². The number of fused-ring (bicyclic) bond motifs is 1. The number of ether oxygens (including phenoxy) is 3. The molecular weight excluding hydrogens is 324 g/mol. The van der Waals surface area contributed by atoms with Crippen LogP contribution in [0.4, 0.5) is 0 Å². The van der Waals surface area contributed by atoms with Crippen LogP contribution in [0.5, 0.6) is 5.75 Å². The van der Waals surface area contributed by atoms with Gasteiger partial charge in [0.1, 0.15) is 5.75 Å². The van der Waals surface area contributed by atoms with Crippen LogP contribution >= 0.6 is 0 Å². The van der Waals surface area contributed by atoms with Crippen LogP contribution in [-0.4, -0.2) is 21.3 Å². The Kier molecular flexibility index (Phi) is 5.59. The van der Waals surface area contributed by atoms with E-state index < -0.39 is 0 Å². The highest BCUT2D eigenvalue weighted by atomic mass is 16.5. The van der Waals surface area contributed by atoms with E-state index in [0.29, 0.717) is 0 Å². The van der Waals surface area contributed by atoms with Gasteiger partial charge in [0.05, 0.1) is 33.9 Å². The predicted octanol–water partition coefficient (Wildman–Crippen LogP) is 5.75. The average Bonchev–Trinajstić information content (AvgIpc) is 2.69. The van der Waals surface area contributed by atoms with Crippen molar-refractivity contribution in [3.63, 3.8) is 0 Å². The lowest BCUT2D eigenvalue weighted by Gasteiger charge is -2.12. The van der Waals surface area contributed by atoms with E-state index in [1.807, 2.05) is 30.4 Å². The molecule has 26 heavy (non-hydrogen) atoms. The molecule has 3 heteroatoms. The summed E-state index contributed by atoms with van der Waals surface area (Å²) in [7, 11) is 4.98. The second-order valence-electron chi connectivity index (χ2n) is 5.82. The molecule has 0 spiro atoms. The standard InChI is InChI=1S/C23H22O3/c1-24-13-11-17-5-4-6-18(12-14-25-2)23(17)21-8-7-20-16-22(26-3)10-9-19(20)15-21/h4-16H,1-3H3/b13-11+,14-12+. The molecule has 0 amide bonds. The van der Waals surface area contributed by atoms with Crippen molar-refractivity contribution in [2.75, 3.05) is 21.3 Å². The van der Waals surface area contributed by atoms with Crippen LogP contribution in [0.3, 0.4) is 0 Å². The van der Waals surface area contributed by atoms with Gasteiger partial charge in [0.25, 0.3) is 0 Å². The summed E-state index contributed by atoms with van der Waals surface area (Å²) in [5, 5.41) is 2.31. The lowest BCUT2D eigenvalue weighted by atomic mass is 9.92. The summed E-state index contributed by atoms with van der Waals surface area (Å²) in [5.41, 5.74) is 4.43. The quantitative estimate of drug-likeness (QED) is 0.532. The van der Waals surface area contributed by atoms with Crippen LogP contribution in [0.2, 0.25) is 0 Å². The molecule has 132 valence electrons. The van der Waals surface area contributed by atoms with Crippen LogP contribution < -0.4 is 4.74 Å². The Hall–Kier alpha value is -3.20. The molecule has 0 aliphatic rings. The lowest BCUT2D eigenvalue weighted by molar-refractivity contribution is 0.341. The van der Waals surface area contributed by atoms with Gasteiger partial charge in [-0.1, -0.05) is 36.4 Å². The van der Waals surface area contributed by atoms with Crippen molar-refractivity contribution in [3.8, 4) is 16.9 Å². The second kappa shape index (κ2) is 8.26. The summed E-state index contributed by atoms with van der Waals surface area (Å²) in [6.07, 6.45) is 7.32. The maximum atomic E-state index is 5.32. The molecule has 0 saturated heterocycles. The molecule has 0 saturated carbocycles. The number of hydrogen-bond acceptors (Lipinski definition) is 3. The highest BCUT2D eigenvalue weighted by molar-refractivity contribution is 5.92. The molecule has 0 atom stereocenters. The minimum atomic E-state index is 0.859. The van der Waals surface area contributed by atoms with Crippen molar-refractivity contribution in [2.24, 2.45) is 0 Å². The normalized spacial score (nSPS) is 11.3. The molecule has 0 N–H and O–H groups in total. The largest absolute Gasteiger partial charge is 0.504 e. The van der Waals surface area contributed by atoms with Gasteiger partial charge in [-0.05, 0) is 63.4 Å². The molecule has 0 unspecified atom stereocenters. The van der Waals surface area contributed by atoms with E-state index in [2.05, 4.69) is 36.4 Å². The van der Waals surface area contributed by atoms with Crippen molar-refractivity contribution in [1.29, 1.82) is 0 Å². The average molecular weight is 346 g/mol. The SMILES string of the molecule is CO/C=C/c1cccc(/C=C/OC)c1-c1ccc2cc(OC)ccc2c1. The Morgan fingerprint density at radius 1 is 0.692 bits per heavy atom. The fourth-order valence-electron chi connectivity index (χ4n) is 2.99. The van der Waals surface area contributed by atoms with Crippen molar-refractivity contribution in [3.05, 3.63) is 78.2 Å². The minimum absolute atomic E-state index is 0.859. The summed E-state index contributed by atoms with van der Waals surface area (Å²) in [5.74, 6) is 0.859. The number of rotatable bonds is 6. The molecule has 0 heterocycles. The maximum absolute atomic E-state index is 5.32. The summed E-state index contributed by atoms with van der Waals surface area (Å²) in [6, 6.07) is 18.7. The zero-order valence-corrected chi connectivity index (χ0v) is 15.2. The monoisotopic (exact) mass is 346 g/mol. The molecule has 0 bridgehead atoms. The van der Waals surface area contributed by atoms with Crippen LogP contribution in [0, 0.1) is 0 Å². The van der Waals surface area contributed by atoms with E-state index in [4.69, 9.17) is 14.2 Å². The number of methoxy groups -OCH3 is 3. The zero-order valence-electron chi connectivity index (χ0n) is 15.2. The summed E-state index contributed by atoms with van der Waals surface area (Å²) >= 11 is 0. The van der Waals surface area contributed by atoms with Crippen molar-refractivity contribution in [2.45, 2.75) is 0 Å².